The molecule has 2 atom stereocenters. The number of anilines is 1. The van der Waals surface area contributed by atoms with Crippen LogP contribution in [-0.2, 0) is 9.59 Å². The van der Waals surface area contributed by atoms with Gasteiger partial charge in [-0.15, -0.1) is 0 Å². The molecule has 1 aromatic heterocycles. The summed E-state index contributed by atoms with van der Waals surface area (Å²) in [4.78, 5) is 30.4. The number of hydrogen-bond acceptors (Lipinski definition) is 3. The predicted molar refractivity (Wildman–Crippen MR) is 72.7 cm³/mol. The Morgan fingerprint density at radius 2 is 2.05 bits per heavy atom. The van der Waals surface area contributed by atoms with Crippen molar-refractivity contribution in [2.75, 3.05) is 4.90 Å². The van der Waals surface area contributed by atoms with E-state index in [0.717, 1.165) is 5.69 Å². The highest BCUT2D eigenvalue weighted by Crippen LogP contribution is 2.26. The number of rotatable bonds is 2. The predicted octanol–water partition coefficient (Wildman–Crippen LogP) is 1.27. The molecule has 5 heteroatoms. The molecule has 0 saturated carbocycles. The molecule has 2 unspecified atom stereocenters. The van der Waals surface area contributed by atoms with Crippen LogP contribution in [0.3, 0.4) is 0 Å². The maximum absolute atomic E-state index is 12.4. The molecule has 1 fully saturated rings. The van der Waals surface area contributed by atoms with Crippen LogP contribution in [0.2, 0.25) is 0 Å². The first-order valence-electron chi connectivity index (χ1n) is 6.48. The maximum atomic E-state index is 12.4. The third-order valence-corrected chi connectivity index (χ3v) is 3.38. The molecule has 1 N–H and O–H groups in total. The standard InChI is InChI=1S/C14H19N3O2/c1-8(2)12-13(18)16-10(4)14(19)17(12)11-6-5-7-15-9(11)3/h5-8,10,12H,1-4H3,(H,16,18). The van der Waals surface area contributed by atoms with Crippen LogP contribution in [0.4, 0.5) is 5.69 Å². The molecule has 0 aromatic carbocycles. The van der Waals surface area contributed by atoms with E-state index in [1.807, 2.05) is 26.8 Å². The fourth-order valence-electron chi connectivity index (χ4n) is 2.42. The fourth-order valence-corrected chi connectivity index (χ4v) is 2.42. The number of carbonyl (C=O) groups excluding carboxylic acids is 2. The number of hydrogen-bond donors (Lipinski definition) is 1. The minimum absolute atomic E-state index is 0.0380. The van der Waals surface area contributed by atoms with Crippen molar-refractivity contribution in [1.82, 2.24) is 10.3 Å². The Bertz CT molecular complexity index is 513. The number of carbonyl (C=O) groups is 2. The Balaban J connectivity index is 2.51. The second-order valence-corrected chi connectivity index (χ2v) is 5.24. The molecule has 0 bridgehead atoms. The van der Waals surface area contributed by atoms with Crippen LogP contribution in [0, 0.1) is 12.8 Å². The molecule has 2 heterocycles. The Hall–Kier alpha value is -1.91. The highest BCUT2D eigenvalue weighted by atomic mass is 16.2. The van der Waals surface area contributed by atoms with Gasteiger partial charge in [0.05, 0.1) is 11.4 Å². The number of nitrogens with one attached hydrogen (secondary N) is 1. The molecule has 0 spiro atoms. The van der Waals surface area contributed by atoms with E-state index in [0.29, 0.717) is 5.69 Å². The van der Waals surface area contributed by atoms with Gasteiger partial charge in [-0.05, 0) is 31.9 Å². The van der Waals surface area contributed by atoms with Gasteiger partial charge in [0.15, 0.2) is 0 Å². The number of piperazine rings is 1. The van der Waals surface area contributed by atoms with Crippen molar-refractivity contribution in [2.45, 2.75) is 39.8 Å². The van der Waals surface area contributed by atoms with Crippen molar-refractivity contribution in [3.63, 3.8) is 0 Å². The van der Waals surface area contributed by atoms with Crippen molar-refractivity contribution < 1.29 is 9.59 Å². The van der Waals surface area contributed by atoms with Crippen molar-refractivity contribution in [3.05, 3.63) is 24.0 Å². The molecule has 2 amide bonds. The summed E-state index contributed by atoms with van der Waals surface area (Å²) >= 11 is 0. The van der Waals surface area contributed by atoms with Crippen molar-refractivity contribution in [1.29, 1.82) is 0 Å². The summed E-state index contributed by atoms with van der Waals surface area (Å²) in [6, 6.07) is 2.64. The first kappa shape index (κ1) is 13.5. The normalized spacial score (nSPS) is 23.7. The minimum Gasteiger partial charge on any atom is -0.343 e. The molecule has 0 aliphatic carbocycles. The summed E-state index contributed by atoms with van der Waals surface area (Å²) < 4.78 is 0. The number of amides is 2. The molecule has 1 aromatic rings. The Labute approximate surface area is 113 Å². The SMILES string of the molecule is Cc1ncccc1N1C(=O)C(C)NC(=O)C1C(C)C. The molecule has 0 radical (unpaired) electrons. The second-order valence-electron chi connectivity index (χ2n) is 5.24. The van der Waals surface area contributed by atoms with Gasteiger partial charge in [0.25, 0.3) is 0 Å². The smallest absolute Gasteiger partial charge is 0.250 e. The van der Waals surface area contributed by atoms with Crippen molar-refractivity contribution >= 4 is 17.5 Å². The lowest BCUT2D eigenvalue weighted by Crippen LogP contribution is -2.64. The number of aromatic nitrogens is 1. The molecule has 1 aliphatic heterocycles. The second kappa shape index (κ2) is 4.99. The van der Waals surface area contributed by atoms with Crippen LogP contribution >= 0.6 is 0 Å². The van der Waals surface area contributed by atoms with E-state index >= 15 is 0 Å². The molecule has 2 rings (SSSR count). The van der Waals surface area contributed by atoms with E-state index in [-0.39, 0.29) is 17.7 Å². The molecular weight excluding hydrogens is 242 g/mol. The average molecular weight is 261 g/mol. The Morgan fingerprint density at radius 1 is 1.37 bits per heavy atom. The highest BCUT2D eigenvalue weighted by molar-refractivity contribution is 6.08. The lowest BCUT2D eigenvalue weighted by Gasteiger charge is -2.40. The lowest BCUT2D eigenvalue weighted by molar-refractivity contribution is -0.134. The number of nitrogens with zero attached hydrogens (tertiary/aromatic N) is 2. The van der Waals surface area contributed by atoms with Crippen molar-refractivity contribution in [3.8, 4) is 0 Å². The van der Waals surface area contributed by atoms with E-state index in [1.165, 1.54) is 0 Å². The average Bonchev–Trinajstić information content (AvgIpc) is 2.34. The van der Waals surface area contributed by atoms with Gasteiger partial charge in [-0.1, -0.05) is 13.8 Å². The first-order chi connectivity index (χ1) is 8.93. The Morgan fingerprint density at radius 3 is 2.63 bits per heavy atom. The minimum atomic E-state index is -0.498. The molecular formula is C14H19N3O2. The van der Waals surface area contributed by atoms with E-state index in [1.54, 1.807) is 24.1 Å². The van der Waals surface area contributed by atoms with Crippen LogP contribution in [0.5, 0.6) is 0 Å². The molecule has 1 aliphatic rings. The summed E-state index contributed by atoms with van der Waals surface area (Å²) in [6.07, 6.45) is 1.68. The van der Waals surface area contributed by atoms with E-state index in [2.05, 4.69) is 10.3 Å². The van der Waals surface area contributed by atoms with Gasteiger partial charge < -0.3 is 5.32 Å². The largest absolute Gasteiger partial charge is 0.343 e. The molecule has 1 saturated heterocycles. The third-order valence-electron chi connectivity index (χ3n) is 3.38. The van der Waals surface area contributed by atoms with Crippen LogP contribution in [0.15, 0.2) is 18.3 Å². The quantitative estimate of drug-likeness (QED) is 0.872. The van der Waals surface area contributed by atoms with Crippen LogP contribution < -0.4 is 10.2 Å². The summed E-state index contributed by atoms with van der Waals surface area (Å²) in [7, 11) is 0. The van der Waals surface area contributed by atoms with E-state index < -0.39 is 12.1 Å². The fraction of sp³-hybridized carbons (Fsp3) is 0.500. The zero-order valence-electron chi connectivity index (χ0n) is 11.7. The van der Waals surface area contributed by atoms with Crippen LogP contribution in [0.25, 0.3) is 0 Å². The monoisotopic (exact) mass is 261 g/mol. The molecule has 5 nitrogen and oxygen atoms in total. The van der Waals surface area contributed by atoms with Gasteiger partial charge in [0.2, 0.25) is 11.8 Å². The lowest BCUT2D eigenvalue weighted by atomic mass is 9.96. The topological polar surface area (TPSA) is 62.3 Å². The first-order valence-corrected chi connectivity index (χ1v) is 6.48. The number of aryl methyl sites for hydroxylation is 1. The van der Waals surface area contributed by atoms with E-state index in [4.69, 9.17) is 0 Å². The molecule has 102 valence electrons. The summed E-state index contributed by atoms with van der Waals surface area (Å²) in [5.74, 6) is -0.157. The highest BCUT2D eigenvalue weighted by Gasteiger charge is 2.41. The maximum Gasteiger partial charge on any atom is 0.250 e. The zero-order chi connectivity index (χ0) is 14.2. The summed E-state index contributed by atoms with van der Waals surface area (Å²) in [5, 5.41) is 2.73. The van der Waals surface area contributed by atoms with Gasteiger partial charge in [0.1, 0.15) is 12.1 Å². The van der Waals surface area contributed by atoms with Gasteiger partial charge in [-0.2, -0.15) is 0 Å². The third kappa shape index (κ3) is 2.32. The van der Waals surface area contributed by atoms with Gasteiger partial charge in [-0.25, -0.2) is 0 Å². The zero-order valence-corrected chi connectivity index (χ0v) is 11.7. The van der Waals surface area contributed by atoms with Gasteiger partial charge in [-0.3, -0.25) is 19.5 Å². The van der Waals surface area contributed by atoms with Crippen LogP contribution in [-0.4, -0.2) is 28.9 Å². The van der Waals surface area contributed by atoms with Gasteiger partial charge in [0, 0.05) is 6.20 Å². The molecule has 19 heavy (non-hydrogen) atoms. The summed E-state index contributed by atoms with van der Waals surface area (Å²) in [5.41, 5.74) is 1.47. The van der Waals surface area contributed by atoms with E-state index in [9.17, 15) is 9.59 Å². The number of pyridine rings is 1. The van der Waals surface area contributed by atoms with Crippen LogP contribution in [0.1, 0.15) is 26.5 Å². The van der Waals surface area contributed by atoms with Crippen molar-refractivity contribution in [2.24, 2.45) is 5.92 Å². The van der Waals surface area contributed by atoms with Gasteiger partial charge >= 0.3 is 0 Å². The summed E-state index contributed by atoms with van der Waals surface area (Å²) in [6.45, 7) is 7.42. The Kier molecular flexibility index (Phi) is 3.55.